The van der Waals surface area contributed by atoms with Crippen LogP contribution < -0.4 is 5.32 Å². The van der Waals surface area contributed by atoms with Crippen LogP contribution >= 0.6 is 0 Å². The maximum Gasteiger partial charge on any atom is 0.239 e. The highest BCUT2D eigenvalue weighted by molar-refractivity contribution is 7.88. The second-order valence-electron chi connectivity index (χ2n) is 4.97. The molecule has 0 aromatic carbocycles. The summed E-state index contributed by atoms with van der Waals surface area (Å²) in [5.74, 6) is -0.465. The highest BCUT2D eigenvalue weighted by Gasteiger charge is 2.39. The van der Waals surface area contributed by atoms with Crippen LogP contribution in [0.3, 0.4) is 0 Å². The van der Waals surface area contributed by atoms with Crippen molar-refractivity contribution in [1.29, 1.82) is 0 Å². The molecule has 8 heteroatoms. The fourth-order valence-electron chi connectivity index (χ4n) is 2.18. The highest BCUT2D eigenvalue weighted by atomic mass is 32.2. The summed E-state index contributed by atoms with van der Waals surface area (Å²) in [6.45, 7) is 1.28. The summed E-state index contributed by atoms with van der Waals surface area (Å²) in [4.78, 5) is 12.2. The van der Waals surface area contributed by atoms with Crippen LogP contribution in [0.15, 0.2) is 0 Å². The van der Waals surface area contributed by atoms with Crippen molar-refractivity contribution < 1.29 is 23.4 Å². The molecule has 0 saturated carbocycles. The quantitative estimate of drug-likeness (QED) is 0.562. The highest BCUT2D eigenvalue weighted by Crippen LogP contribution is 2.21. The summed E-state index contributed by atoms with van der Waals surface area (Å²) in [5, 5.41) is 21.2. The number of carbonyl (C=O) groups is 1. The fourth-order valence-corrected chi connectivity index (χ4v) is 3.31. The Kier molecular flexibility index (Phi) is 5.31. The molecule has 0 radical (unpaired) electrons. The maximum atomic E-state index is 12.2. The molecule has 1 aliphatic rings. The molecule has 1 aliphatic heterocycles. The van der Waals surface area contributed by atoms with Crippen LogP contribution in [-0.4, -0.2) is 66.4 Å². The van der Waals surface area contributed by atoms with Crippen molar-refractivity contribution in [1.82, 2.24) is 9.62 Å². The second kappa shape index (κ2) is 6.17. The molecule has 0 aromatic rings. The average Bonchev–Trinajstić information content (AvgIpc) is 2.85. The van der Waals surface area contributed by atoms with Crippen LogP contribution in [0.25, 0.3) is 0 Å². The molecule has 0 aliphatic carbocycles. The lowest BCUT2D eigenvalue weighted by Crippen LogP contribution is -2.58. The van der Waals surface area contributed by atoms with E-state index >= 15 is 0 Å². The number of aliphatic hydroxyl groups is 2. The van der Waals surface area contributed by atoms with Gasteiger partial charge in [0, 0.05) is 6.54 Å². The lowest BCUT2D eigenvalue weighted by molar-refractivity contribution is -0.127. The van der Waals surface area contributed by atoms with Crippen LogP contribution in [0.1, 0.15) is 26.2 Å². The number of nitrogens with zero attached hydrogens (tertiary/aromatic N) is 1. The van der Waals surface area contributed by atoms with E-state index in [-0.39, 0.29) is 0 Å². The molecule has 1 fully saturated rings. The predicted octanol–water partition coefficient (Wildman–Crippen LogP) is -1.34. The number of rotatable bonds is 6. The van der Waals surface area contributed by atoms with Crippen molar-refractivity contribution in [2.24, 2.45) is 0 Å². The van der Waals surface area contributed by atoms with E-state index in [2.05, 4.69) is 5.32 Å². The van der Waals surface area contributed by atoms with Gasteiger partial charge in [0.2, 0.25) is 15.9 Å². The molecule has 1 rings (SSSR count). The number of sulfonamides is 1. The molecule has 1 heterocycles. The summed E-state index contributed by atoms with van der Waals surface area (Å²) >= 11 is 0. The second-order valence-corrected chi connectivity index (χ2v) is 6.91. The van der Waals surface area contributed by atoms with Crippen LogP contribution in [0.2, 0.25) is 0 Å². The van der Waals surface area contributed by atoms with Gasteiger partial charge in [0.15, 0.2) is 0 Å². The minimum absolute atomic E-state index is 0.328. The Morgan fingerprint density at radius 1 is 1.42 bits per heavy atom. The van der Waals surface area contributed by atoms with E-state index in [4.69, 9.17) is 0 Å². The van der Waals surface area contributed by atoms with E-state index in [1.165, 1.54) is 0 Å². The fraction of sp³-hybridized carbons (Fsp3) is 0.909. The van der Waals surface area contributed by atoms with E-state index in [0.29, 0.717) is 25.8 Å². The third kappa shape index (κ3) is 3.65. The summed E-state index contributed by atoms with van der Waals surface area (Å²) in [6, 6.07) is -0.751. The van der Waals surface area contributed by atoms with E-state index < -0.39 is 40.7 Å². The van der Waals surface area contributed by atoms with E-state index in [1.54, 1.807) is 6.92 Å². The zero-order valence-electron chi connectivity index (χ0n) is 11.3. The van der Waals surface area contributed by atoms with E-state index in [9.17, 15) is 23.4 Å². The Hall–Kier alpha value is -0.700. The Balaban J connectivity index is 2.83. The molecule has 3 N–H and O–H groups in total. The number of nitrogens with one attached hydrogen (secondary N) is 1. The normalized spacial score (nSPS) is 21.6. The van der Waals surface area contributed by atoms with Gasteiger partial charge in [-0.2, -0.15) is 4.31 Å². The Morgan fingerprint density at radius 2 is 2.00 bits per heavy atom. The van der Waals surface area contributed by atoms with Gasteiger partial charge in [0.1, 0.15) is 6.04 Å². The molecule has 7 nitrogen and oxygen atoms in total. The first-order valence-corrected chi connectivity index (χ1v) is 8.15. The molecule has 1 saturated heterocycles. The van der Waals surface area contributed by atoms with Crippen LogP contribution in [-0.2, 0) is 14.8 Å². The average molecular weight is 294 g/mol. The minimum atomic E-state index is -3.42. The van der Waals surface area contributed by atoms with Crippen molar-refractivity contribution in [3.8, 4) is 0 Å². The molecule has 0 spiro atoms. The first-order valence-electron chi connectivity index (χ1n) is 6.30. The van der Waals surface area contributed by atoms with Gasteiger partial charge in [-0.05, 0) is 19.3 Å². The molecule has 19 heavy (non-hydrogen) atoms. The zero-order valence-corrected chi connectivity index (χ0v) is 12.1. The monoisotopic (exact) mass is 294 g/mol. The van der Waals surface area contributed by atoms with Crippen molar-refractivity contribution in [3.63, 3.8) is 0 Å². The SMILES string of the molecule is CCC(CO)(CO)NC(=O)C1CCCN1S(C)(=O)=O. The number of carbonyl (C=O) groups excluding carboxylic acids is 1. The van der Waals surface area contributed by atoms with Gasteiger partial charge in [-0.15, -0.1) is 0 Å². The lowest BCUT2D eigenvalue weighted by Gasteiger charge is -2.32. The van der Waals surface area contributed by atoms with Gasteiger partial charge >= 0.3 is 0 Å². The van der Waals surface area contributed by atoms with Gasteiger partial charge in [-0.1, -0.05) is 6.92 Å². The van der Waals surface area contributed by atoms with Crippen LogP contribution in [0.5, 0.6) is 0 Å². The van der Waals surface area contributed by atoms with Gasteiger partial charge in [0.25, 0.3) is 0 Å². The summed E-state index contributed by atoms with van der Waals surface area (Å²) in [7, 11) is -3.42. The number of hydrogen-bond donors (Lipinski definition) is 3. The number of aliphatic hydroxyl groups excluding tert-OH is 2. The van der Waals surface area contributed by atoms with Crippen molar-refractivity contribution in [2.75, 3.05) is 26.0 Å². The van der Waals surface area contributed by atoms with Crippen LogP contribution in [0.4, 0.5) is 0 Å². The Morgan fingerprint density at radius 3 is 2.42 bits per heavy atom. The molecule has 112 valence electrons. The molecule has 0 aromatic heterocycles. The van der Waals surface area contributed by atoms with Gasteiger partial charge < -0.3 is 15.5 Å². The maximum absolute atomic E-state index is 12.2. The third-order valence-corrected chi connectivity index (χ3v) is 4.89. The third-order valence-electron chi connectivity index (χ3n) is 3.60. The molecular formula is C11H22N2O5S. The van der Waals surface area contributed by atoms with Gasteiger partial charge in [-0.3, -0.25) is 4.79 Å². The topological polar surface area (TPSA) is 107 Å². The lowest BCUT2D eigenvalue weighted by atomic mass is 9.97. The standard InChI is InChI=1S/C11H22N2O5S/c1-3-11(7-14,8-15)12-10(16)9-5-4-6-13(9)19(2,17)18/h9,14-15H,3-8H2,1-2H3,(H,12,16). The molecule has 1 atom stereocenters. The Bertz CT molecular complexity index is 411. The summed E-state index contributed by atoms with van der Waals surface area (Å²) in [5.41, 5.74) is -1.09. The first-order chi connectivity index (χ1) is 8.79. The molecule has 0 bridgehead atoms. The molecule has 1 amide bonds. The number of amides is 1. The summed E-state index contributed by atoms with van der Waals surface area (Å²) in [6.07, 6.45) is 2.51. The van der Waals surface area contributed by atoms with Crippen LogP contribution in [0, 0.1) is 0 Å². The first kappa shape index (κ1) is 16.4. The van der Waals surface area contributed by atoms with Gasteiger partial charge in [-0.25, -0.2) is 8.42 Å². The zero-order chi connectivity index (χ0) is 14.7. The molecule has 1 unspecified atom stereocenters. The van der Waals surface area contributed by atoms with Gasteiger partial charge in [0.05, 0.1) is 25.0 Å². The van der Waals surface area contributed by atoms with Crippen molar-refractivity contribution in [2.45, 2.75) is 37.8 Å². The van der Waals surface area contributed by atoms with E-state index in [0.717, 1.165) is 10.6 Å². The smallest absolute Gasteiger partial charge is 0.239 e. The predicted molar refractivity (Wildman–Crippen MR) is 69.9 cm³/mol. The van der Waals surface area contributed by atoms with Crippen molar-refractivity contribution in [3.05, 3.63) is 0 Å². The Labute approximate surface area is 113 Å². The van der Waals surface area contributed by atoms with E-state index in [1.807, 2.05) is 0 Å². The summed E-state index contributed by atoms with van der Waals surface area (Å²) < 4.78 is 24.3. The number of hydrogen-bond acceptors (Lipinski definition) is 5. The van der Waals surface area contributed by atoms with Crippen molar-refractivity contribution >= 4 is 15.9 Å². The minimum Gasteiger partial charge on any atom is -0.394 e. The largest absolute Gasteiger partial charge is 0.394 e. The molecular weight excluding hydrogens is 272 g/mol.